The first-order valence-electron chi connectivity index (χ1n) is 7.14. The molecule has 17 heavy (non-hydrogen) atoms. The largest absolute Gasteiger partial charge is 0.376 e. The number of hydrogen-bond donors (Lipinski definition) is 0. The Morgan fingerprint density at radius 1 is 1.24 bits per heavy atom. The monoisotopic (exact) mass is 303 g/mol. The van der Waals surface area contributed by atoms with Crippen LogP contribution in [0.3, 0.4) is 0 Å². The molecular formula is C14H26BrNO. The molecule has 2 aliphatic rings. The summed E-state index contributed by atoms with van der Waals surface area (Å²) in [7, 11) is 0. The Morgan fingerprint density at radius 2 is 1.94 bits per heavy atom. The van der Waals surface area contributed by atoms with Crippen LogP contribution in [-0.2, 0) is 4.74 Å². The molecule has 1 saturated carbocycles. The van der Waals surface area contributed by atoms with E-state index in [9.17, 15) is 0 Å². The van der Waals surface area contributed by atoms with Crippen LogP contribution < -0.4 is 0 Å². The molecule has 2 nitrogen and oxygen atoms in total. The van der Waals surface area contributed by atoms with Crippen LogP contribution in [0.1, 0.15) is 45.4 Å². The van der Waals surface area contributed by atoms with Crippen molar-refractivity contribution in [3.8, 4) is 0 Å². The predicted octanol–water partition coefficient (Wildman–Crippen LogP) is 3.44. The molecule has 100 valence electrons. The maximum Gasteiger partial charge on any atom is 0.0674 e. The van der Waals surface area contributed by atoms with E-state index in [1.54, 1.807) is 0 Å². The van der Waals surface area contributed by atoms with Crippen LogP contribution in [0.4, 0.5) is 0 Å². The molecule has 1 atom stereocenters. The average molecular weight is 304 g/mol. The molecule has 0 amide bonds. The fourth-order valence-corrected chi connectivity index (χ4v) is 4.06. The molecule has 0 bridgehead atoms. The zero-order valence-corrected chi connectivity index (χ0v) is 12.7. The summed E-state index contributed by atoms with van der Waals surface area (Å²) in [5.41, 5.74) is 0.535. The van der Waals surface area contributed by atoms with Gasteiger partial charge in [0.25, 0.3) is 0 Å². The smallest absolute Gasteiger partial charge is 0.0674 e. The molecular weight excluding hydrogens is 278 g/mol. The molecule has 0 aromatic carbocycles. The van der Waals surface area contributed by atoms with Gasteiger partial charge in [-0.25, -0.2) is 0 Å². The highest BCUT2D eigenvalue weighted by Gasteiger charge is 2.33. The van der Waals surface area contributed by atoms with E-state index in [0.29, 0.717) is 11.5 Å². The lowest BCUT2D eigenvalue weighted by Gasteiger charge is -2.40. The fourth-order valence-electron chi connectivity index (χ4n) is 3.32. The lowest BCUT2D eigenvalue weighted by atomic mass is 9.82. The molecule has 1 saturated heterocycles. The second-order valence-electron chi connectivity index (χ2n) is 5.96. The SMILES string of the molecule is CC1CN(CC2(CBr)CCCCCC2)CCO1. The summed E-state index contributed by atoms with van der Waals surface area (Å²) in [5.74, 6) is 0. The van der Waals surface area contributed by atoms with Crippen molar-refractivity contribution in [3.63, 3.8) is 0 Å². The third kappa shape index (κ3) is 3.93. The van der Waals surface area contributed by atoms with Gasteiger partial charge in [-0.05, 0) is 25.2 Å². The van der Waals surface area contributed by atoms with E-state index in [-0.39, 0.29) is 0 Å². The Hall–Kier alpha value is 0.400. The van der Waals surface area contributed by atoms with Crippen LogP contribution >= 0.6 is 15.9 Å². The second-order valence-corrected chi connectivity index (χ2v) is 6.53. The van der Waals surface area contributed by atoms with Crippen molar-refractivity contribution in [3.05, 3.63) is 0 Å². The summed E-state index contributed by atoms with van der Waals surface area (Å²) in [6.07, 6.45) is 8.95. The molecule has 0 spiro atoms. The molecule has 1 heterocycles. The van der Waals surface area contributed by atoms with E-state index < -0.39 is 0 Å². The van der Waals surface area contributed by atoms with Crippen LogP contribution in [0.5, 0.6) is 0 Å². The van der Waals surface area contributed by atoms with Crippen LogP contribution in [0.2, 0.25) is 0 Å². The molecule has 0 aromatic rings. The Labute approximate surface area is 114 Å². The topological polar surface area (TPSA) is 12.5 Å². The highest BCUT2D eigenvalue weighted by molar-refractivity contribution is 9.09. The van der Waals surface area contributed by atoms with E-state index in [2.05, 4.69) is 27.8 Å². The third-order valence-electron chi connectivity index (χ3n) is 4.33. The summed E-state index contributed by atoms with van der Waals surface area (Å²) in [4.78, 5) is 2.63. The van der Waals surface area contributed by atoms with Gasteiger partial charge in [-0.1, -0.05) is 41.6 Å². The first kappa shape index (κ1) is 13.8. The predicted molar refractivity (Wildman–Crippen MR) is 75.8 cm³/mol. The van der Waals surface area contributed by atoms with Crippen molar-refractivity contribution in [2.24, 2.45) is 5.41 Å². The number of morpholine rings is 1. The zero-order valence-electron chi connectivity index (χ0n) is 11.1. The minimum Gasteiger partial charge on any atom is -0.376 e. The highest BCUT2D eigenvalue weighted by atomic mass is 79.9. The van der Waals surface area contributed by atoms with Gasteiger partial charge in [0.15, 0.2) is 0 Å². The quantitative estimate of drug-likeness (QED) is 0.585. The molecule has 1 aliphatic carbocycles. The number of nitrogens with zero attached hydrogens (tertiary/aromatic N) is 1. The van der Waals surface area contributed by atoms with Crippen molar-refractivity contribution in [1.29, 1.82) is 0 Å². The summed E-state index contributed by atoms with van der Waals surface area (Å²) in [6.45, 7) is 6.62. The molecule has 2 fully saturated rings. The van der Waals surface area contributed by atoms with Gasteiger partial charge in [0, 0.05) is 25.0 Å². The first-order chi connectivity index (χ1) is 8.24. The Balaban J connectivity index is 1.92. The van der Waals surface area contributed by atoms with E-state index >= 15 is 0 Å². The van der Waals surface area contributed by atoms with E-state index in [0.717, 1.165) is 19.7 Å². The fraction of sp³-hybridized carbons (Fsp3) is 1.00. The van der Waals surface area contributed by atoms with Gasteiger partial charge in [0.1, 0.15) is 0 Å². The first-order valence-corrected chi connectivity index (χ1v) is 8.26. The van der Waals surface area contributed by atoms with Crippen LogP contribution in [-0.4, -0.2) is 42.6 Å². The van der Waals surface area contributed by atoms with Gasteiger partial charge in [0.2, 0.25) is 0 Å². The van der Waals surface area contributed by atoms with Gasteiger partial charge >= 0.3 is 0 Å². The minimum atomic E-state index is 0.418. The van der Waals surface area contributed by atoms with Gasteiger partial charge in [-0.3, -0.25) is 4.90 Å². The molecule has 0 aromatic heterocycles. The van der Waals surface area contributed by atoms with Gasteiger partial charge in [-0.2, -0.15) is 0 Å². The molecule has 0 radical (unpaired) electrons. The van der Waals surface area contributed by atoms with Crippen LogP contribution in [0, 0.1) is 5.41 Å². The second kappa shape index (κ2) is 6.53. The maximum atomic E-state index is 5.64. The number of rotatable bonds is 3. The summed E-state index contributed by atoms with van der Waals surface area (Å²) in [6, 6.07) is 0. The maximum absolute atomic E-state index is 5.64. The summed E-state index contributed by atoms with van der Waals surface area (Å²) >= 11 is 3.79. The van der Waals surface area contributed by atoms with Gasteiger partial charge < -0.3 is 4.74 Å². The van der Waals surface area contributed by atoms with Crippen molar-refractivity contribution < 1.29 is 4.74 Å². The number of ether oxygens (including phenoxy) is 1. The normalized spacial score (nSPS) is 31.1. The van der Waals surface area contributed by atoms with E-state index in [4.69, 9.17) is 4.74 Å². The van der Waals surface area contributed by atoms with Crippen molar-refractivity contribution in [2.45, 2.75) is 51.6 Å². The Bertz CT molecular complexity index is 226. The summed E-state index contributed by atoms with van der Waals surface area (Å²) < 4.78 is 5.64. The Morgan fingerprint density at radius 3 is 2.53 bits per heavy atom. The highest BCUT2D eigenvalue weighted by Crippen LogP contribution is 2.37. The minimum absolute atomic E-state index is 0.418. The van der Waals surface area contributed by atoms with Gasteiger partial charge in [0.05, 0.1) is 12.7 Å². The number of alkyl halides is 1. The van der Waals surface area contributed by atoms with E-state index in [1.807, 2.05) is 0 Å². The van der Waals surface area contributed by atoms with Crippen molar-refractivity contribution in [1.82, 2.24) is 4.90 Å². The lowest BCUT2D eigenvalue weighted by molar-refractivity contribution is -0.0316. The van der Waals surface area contributed by atoms with E-state index in [1.165, 1.54) is 50.4 Å². The Kier molecular flexibility index (Phi) is 5.31. The lowest BCUT2D eigenvalue weighted by Crippen LogP contribution is -2.47. The van der Waals surface area contributed by atoms with Gasteiger partial charge in [-0.15, -0.1) is 0 Å². The third-order valence-corrected chi connectivity index (χ3v) is 5.52. The zero-order chi connectivity index (χ0) is 12.1. The van der Waals surface area contributed by atoms with Crippen LogP contribution in [0.25, 0.3) is 0 Å². The van der Waals surface area contributed by atoms with Crippen LogP contribution in [0.15, 0.2) is 0 Å². The molecule has 0 N–H and O–H groups in total. The molecule has 1 aliphatic heterocycles. The van der Waals surface area contributed by atoms with Crippen molar-refractivity contribution in [2.75, 3.05) is 31.6 Å². The number of halogens is 1. The molecule has 3 heteroatoms. The average Bonchev–Trinajstić information content (AvgIpc) is 2.55. The summed E-state index contributed by atoms with van der Waals surface area (Å²) in [5, 5.41) is 1.17. The van der Waals surface area contributed by atoms with Crippen molar-refractivity contribution >= 4 is 15.9 Å². The molecule has 1 unspecified atom stereocenters. The number of hydrogen-bond acceptors (Lipinski definition) is 2. The standard InChI is InChI=1S/C14H26BrNO/c1-13-10-16(8-9-17-13)12-14(11-15)6-4-2-3-5-7-14/h13H,2-12H2,1H3. The molecule has 2 rings (SSSR count).